The molecule has 284 valence electrons. The fourth-order valence-corrected chi connectivity index (χ4v) is 12.3. The standard InChI is InChI=1S/C48H92/c1-31(2)36(10)42-20-17-21-43(37(11)32(3)4)46(42)24-16-19-40(30-48(14,15)41-27-25-35(9)26-28-41)29-47-44(38(12)33(5)6)22-18-23-45(47)39(13)34(7)8/h31-47H,16-30H2,1-15H3/t35?,36-,37+,38-,39+,40?,41?,42+,43-,44+,45-,46?,47?. The molecule has 48 heavy (non-hydrogen) atoms. The third kappa shape index (κ3) is 11.2. The zero-order valence-corrected chi connectivity index (χ0v) is 35.9. The first-order valence-electron chi connectivity index (χ1n) is 22.5. The van der Waals surface area contributed by atoms with Gasteiger partial charge in [0.2, 0.25) is 0 Å². The van der Waals surface area contributed by atoms with E-state index in [-0.39, 0.29) is 0 Å². The van der Waals surface area contributed by atoms with Crippen LogP contribution in [0.15, 0.2) is 0 Å². The van der Waals surface area contributed by atoms with Gasteiger partial charge in [0, 0.05) is 0 Å². The second-order valence-corrected chi connectivity index (χ2v) is 21.4. The van der Waals surface area contributed by atoms with E-state index < -0.39 is 0 Å². The average molecular weight is 669 g/mol. The molecule has 0 aliphatic heterocycles. The van der Waals surface area contributed by atoms with Gasteiger partial charge in [0.1, 0.15) is 0 Å². The van der Waals surface area contributed by atoms with E-state index in [1.54, 1.807) is 0 Å². The summed E-state index contributed by atoms with van der Waals surface area (Å²) in [5.74, 6) is 15.0. The van der Waals surface area contributed by atoms with Crippen molar-refractivity contribution in [1.82, 2.24) is 0 Å². The maximum Gasteiger partial charge on any atom is -0.0323 e. The molecule has 3 aliphatic carbocycles. The Balaban J connectivity index is 1.91. The van der Waals surface area contributed by atoms with Crippen LogP contribution in [0.1, 0.15) is 200 Å². The molecule has 0 bridgehead atoms. The van der Waals surface area contributed by atoms with Crippen LogP contribution in [0.2, 0.25) is 0 Å². The molecule has 3 unspecified atom stereocenters. The number of hydrogen-bond donors (Lipinski definition) is 0. The summed E-state index contributed by atoms with van der Waals surface area (Å²) in [6.45, 7) is 38.6. The average Bonchev–Trinajstić information content (AvgIpc) is 3.03. The summed E-state index contributed by atoms with van der Waals surface area (Å²) in [6.07, 6.45) is 22.3. The fourth-order valence-electron chi connectivity index (χ4n) is 12.3. The van der Waals surface area contributed by atoms with Crippen molar-refractivity contribution in [2.45, 2.75) is 200 Å². The van der Waals surface area contributed by atoms with Gasteiger partial charge in [-0.2, -0.15) is 0 Å². The van der Waals surface area contributed by atoms with Gasteiger partial charge in [0.25, 0.3) is 0 Å². The first kappa shape index (κ1) is 42.4. The van der Waals surface area contributed by atoms with Crippen molar-refractivity contribution in [2.75, 3.05) is 0 Å². The normalized spacial score (nSPS) is 34.1. The molecule has 0 amide bonds. The van der Waals surface area contributed by atoms with Gasteiger partial charge in [-0.3, -0.25) is 0 Å². The molecule has 3 fully saturated rings. The van der Waals surface area contributed by atoms with Crippen LogP contribution in [0.3, 0.4) is 0 Å². The third-order valence-corrected chi connectivity index (χ3v) is 16.9. The lowest BCUT2D eigenvalue weighted by Gasteiger charge is -2.48. The van der Waals surface area contributed by atoms with E-state index in [0.29, 0.717) is 5.41 Å². The maximum atomic E-state index is 2.71. The van der Waals surface area contributed by atoms with Gasteiger partial charge in [-0.25, -0.2) is 0 Å². The summed E-state index contributed by atoms with van der Waals surface area (Å²) in [6, 6.07) is 0. The van der Waals surface area contributed by atoms with E-state index in [1.807, 2.05) is 0 Å². The summed E-state index contributed by atoms with van der Waals surface area (Å²) in [5, 5.41) is 0. The van der Waals surface area contributed by atoms with Crippen LogP contribution in [0, 0.1) is 106 Å². The Morgan fingerprint density at radius 3 is 1.25 bits per heavy atom. The Hall–Kier alpha value is 0. The first-order chi connectivity index (χ1) is 22.5. The molecule has 0 heterocycles. The predicted octanol–water partition coefficient (Wildman–Crippen LogP) is 15.6. The Labute approximate surface area is 305 Å². The van der Waals surface area contributed by atoms with Gasteiger partial charge >= 0.3 is 0 Å². The van der Waals surface area contributed by atoms with Gasteiger partial charge in [0.15, 0.2) is 0 Å². The van der Waals surface area contributed by atoms with Crippen LogP contribution < -0.4 is 0 Å². The highest BCUT2D eigenvalue weighted by Crippen LogP contribution is 2.53. The minimum Gasteiger partial charge on any atom is -0.0625 e. The van der Waals surface area contributed by atoms with Gasteiger partial charge < -0.3 is 0 Å². The highest BCUT2D eigenvalue weighted by molar-refractivity contribution is 4.93. The zero-order chi connectivity index (χ0) is 35.9. The van der Waals surface area contributed by atoms with E-state index in [2.05, 4.69) is 104 Å². The summed E-state index contributed by atoms with van der Waals surface area (Å²) in [5.41, 5.74) is 0.478. The molecular formula is C48H92. The number of hydrogen-bond acceptors (Lipinski definition) is 0. The van der Waals surface area contributed by atoms with E-state index in [4.69, 9.17) is 0 Å². The van der Waals surface area contributed by atoms with Gasteiger partial charge in [0.05, 0.1) is 0 Å². The first-order valence-corrected chi connectivity index (χ1v) is 22.5. The van der Waals surface area contributed by atoms with Crippen LogP contribution in [-0.4, -0.2) is 0 Å². The van der Waals surface area contributed by atoms with Crippen molar-refractivity contribution in [3.63, 3.8) is 0 Å². The smallest absolute Gasteiger partial charge is 0.0323 e. The van der Waals surface area contributed by atoms with E-state index >= 15 is 0 Å². The molecule has 3 rings (SSSR count). The Morgan fingerprint density at radius 1 is 0.500 bits per heavy atom. The van der Waals surface area contributed by atoms with Crippen molar-refractivity contribution < 1.29 is 0 Å². The van der Waals surface area contributed by atoms with Gasteiger partial charge in [-0.05, 0) is 164 Å². The van der Waals surface area contributed by atoms with Crippen molar-refractivity contribution in [3.05, 3.63) is 0 Å². The lowest BCUT2D eigenvalue weighted by molar-refractivity contribution is 0.0130. The summed E-state index contributed by atoms with van der Waals surface area (Å²) in [7, 11) is 0. The summed E-state index contributed by atoms with van der Waals surface area (Å²) >= 11 is 0. The lowest BCUT2D eigenvalue weighted by atomic mass is 9.57. The molecule has 0 heteroatoms. The molecule has 0 N–H and O–H groups in total. The van der Waals surface area contributed by atoms with Crippen molar-refractivity contribution in [2.24, 2.45) is 106 Å². The predicted molar refractivity (Wildman–Crippen MR) is 216 cm³/mol. The maximum absolute atomic E-state index is 2.71. The van der Waals surface area contributed by atoms with Crippen molar-refractivity contribution in [3.8, 4) is 0 Å². The van der Waals surface area contributed by atoms with Crippen LogP contribution in [0.4, 0.5) is 0 Å². The SMILES string of the molecule is CC1CCC(C(C)(C)CC(CCCC2[C@H]([C@H](C)C(C)C)CCC[C@@H]2[C@@H](C)C(C)C)CC2[C@H]([C@H](C)C(C)C)CCC[C@@H]2[C@@H](C)C(C)C)CC1. The summed E-state index contributed by atoms with van der Waals surface area (Å²) in [4.78, 5) is 0. The highest BCUT2D eigenvalue weighted by Gasteiger charge is 2.43. The van der Waals surface area contributed by atoms with E-state index in [9.17, 15) is 0 Å². The summed E-state index contributed by atoms with van der Waals surface area (Å²) < 4.78 is 0. The Kier molecular flexibility index (Phi) is 17.0. The number of rotatable bonds is 17. The van der Waals surface area contributed by atoms with Crippen molar-refractivity contribution >= 4 is 0 Å². The molecule has 0 spiro atoms. The van der Waals surface area contributed by atoms with Crippen LogP contribution in [0.25, 0.3) is 0 Å². The molecule has 0 aromatic rings. The molecular weight excluding hydrogens is 577 g/mol. The third-order valence-electron chi connectivity index (χ3n) is 16.9. The minimum absolute atomic E-state index is 0.478. The second-order valence-electron chi connectivity index (χ2n) is 21.4. The lowest BCUT2D eigenvalue weighted by Crippen LogP contribution is -2.40. The van der Waals surface area contributed by atoms with Crippen LogP contribution in [0.5, 0.6) is 0 Å². The van der Waals surface area contributed by atoms with Gasteiger partial charge in [-0.1, -0.05) is 142 Å². The topological polar surface area (TPSA) is 0 Å². The quantitative estimate of drug-likeness (QED) is 0.145. The molecule has 0 saturated heterocycles. The Morgan fingerprint density at radius 2 is 0.875 bits per heavy atom. The van der Waals surface area contributed by atoms with Crippen LogP contribution in [-0.2, 0) is 0 Å². The zero-order valence-electron chi connectivity index (χ0n) is 35.9. The van der Waals surface area contributed by atoms with E-state index in [0.717, 1.165) is 101 Å². The largest absolute Gasteiger partial charge is 0.0625 e. The van der Waals surface area contributed by atoms with E-state index in [1.165, 1.54) is 96.3 Å². The second kappa shape index (κ2) is 19.2. The van der Waals surface area contributed by atoms with Gasteiger partial charge in [-0.15, -0.1) is 0 Å². The molecule has 0 aromatic heterocycles. The fraction of sp³-hybridized carbons (Fsp3) is 1.00. The minimum atomic E-state index is 0.478. The highest BCUT2D eigenvalue weighted by atomic mass is 14.5. The monoisotopic (exact) mass is 669 g/mol. The molecule has 0 radical (unpaired) electrons. The molecule has 3 saturated carbocycles. The molecule has 3 aliphatic rings. The Bertz CT molecular complexity index is 824. The molecule has 0 aromatic carbocycles. The molecule has 11 atom stereocenters. The van der Waals surface area contributed by atoms with Crippen LogP contribution >= 0.6 is 0 Å². The van der Waals surface area contributed by atoms with Crippen molar-refractivity contribution in [1.29, 1.82) is 0 Å². The molecule has 0 nitrogen and oxygen atoms in total.